The van der Waals surface area contributed by atoms with Gasteiger partial charge in [-0.1, -0.05) is 48.9 Å². The number of benzene rings is 3. The third kappa shape index (κ3) is 1.89. The van der Waals surface area contributed by atoms with Gasteiger partial charge in [0, 0.05) is 10.4 Å². The van der Waals surface area contributed by atoms with Crippen LogP contribution in [0.15, 0.2) is 36.4 Å². The SMILES string of the molecule is Cc1cccc2c1c(Cl)cc1c3c(ccc12)CCCC3C. The Morgan fingerprint density at radius 1 is 1.05 bits per heavy atom. The Hall–Kier alpha value is -1.53. The number of hydrogen-bond donors (Lipinski definition) is 0. The van der Waals surface area contributed by atoms with E-state index in [2.05, 4.69) is 50.2 Å². The Bertz CT molecular complexity index is 861. The molecule has 0 saturated heterocycles. The molecule has 1 aliphatic carbocycles. The lowest BCUT2D eigenvalue weighted by Crippen LogP contribution is -2.07. The van der Waals surface area contributed by atoms with Crippen LogP contribution in [0.25, 0.3) is 21.5 Å². The molecule has 4 rings (SSSR count). The maximum Gasteiger partial charge on any atom is 0.0493 e. The summed E-state index contributed by atoms with van der Waals surface area (Å²) in [5, 5.41) is 6.10. The van der Waals surface area contributed by atoms with Crippen molar-refractivity contribution >= 4 is 33.1 Å². The summed E-state index contributed by atoms with van der Waals surface area (Å²) in [4.78, 5) is 0. The van der Waals surface area contributed by atoms with E-state index < -0.39 is 0 Å². The van der Waals surface area contributed by atoms with Gasteiger partial charge < -0.3 is 0 Å². The second-order valence-corrected chi connectivity index (χ2v) is 6.79. The molecule has 1 aliphatic rings. The van der Waals surface area contributed by atoms with Gasteiger partial charge in [-0.3, -0.25) is 0 Å². The summed E-state index contributed by atoms with van der Waals surface area (Å²) in [5.74, 6) is 0.635. The molecule has 0 amide bonds. The fraction of sp³-hybridized carbons (Fsp3) is 0.300. The van der Waals surface area contributed by atoms with Gasteiger partial charge in [-0.2, -0.15) is 0 Å². The summed E-state index contributed by atoms with van der Waals surface area (Å²) < 4.78 is 0. The molecule has 0 saturated carbocycles. The number of fused-ring (bicyclic) bond motifs is 5. The van der Waals surface area contributed by atoms with Gasteiger partial charge in [-0.25, -0.2) is 0 Å². The van der Waals surface area contributed by atoms with Crippen molar-refractivity contribution in [2.75, 3.05) is 0 Å². The van der Waals surface area contributed by atoms with Crippen LogP contribution < -0.4 is 0 Å². The van der Waals surface area contributed by atoms with E-state index in [9.17, 15) is 0 Å². The highest BCUT2D eigenvalue weighted by atomic mass is 35.5. The zero-order chi connectivity index (χ0) is 14.6. The predicted molar refractivity (Wildman–Crippen MR) is 92.6 cm³/mol. The summed E-state index contributed by atoms with van der Waals surface area (Å²) in [6.07, 6.45) is 3.80. The molecule has 0 aromatic heterocycles. The van der Waals surface area contributed by atoms with Gasteiger partial charge in [0.25, 0.3) is 0 Å². The highest BCUT2D eigenvalue weighted by Crippen LogP contribution is 2.41. The molecule has 1 heteroatoms. The minimum Gasteiger partial charge on any atom is -0.0836 e. The van der Waals surface area contributed by atoms with Crippen LogP contribution in [0, 0.1) is 6.92 Å². The molecule has 0 fully saturated rings. The molecular formula is C20H19Cl. The molecular weight excluding hydrogens is 276 g/mol. The average Bonchev–Trinajstić information content (AvgIpc) is 2.47. The summed E-state index contributed by atoms with van der Waals surface area (Å²) in [6.45, 7) is 4.49. The molecule has 0 spiro atoms. The first-order valence-electron chi connectivity index (χ1n) is 7.80. The van der Waals surface area contributed by atoms with Crippen LogP contribution in [0.3, 0.4) is 0 Å². The number of aryl methyl sites for hydroxylation is 2. The van der Waals surface area contributed by atoms with Crippen molar-refractivity contribution in [3.8, 4) is 0 Å². The molecule has 0 heterocycles. The van der Waals surface area contributed by atoms with Crippen LogP contribution in [0.2, 0.25) is 5.02 Å². The van der Waals surface area contributed by atoms with Crippen molar-refractivity contribution in [2.24, 2.45) is 0 Å². The fourth-order valence-electron chi connectivity index (χ4n) is 4.02. The van der Waals surface area contributed by atoms with Crippen LogP contribution in [-0.2, 0) is 6.42 Å². The van der Waals surface area contributed by atoms with Gasteiger partial charge in [0.15, 0.2) is 0 Å². The molecule has 1 unspecified atom stereocenters. The highest BCUT2D eigenvalue weighted by Gasteiger charge is 2.20. The minimum atomic E-state index is 0.635. The molecule has 0 aliphatic heterocycles. The van der Waals surface area contributed by atoms with E-state index in [1.54, 1.807) is 0 Å². The van der Waals surface area contributed by atoms with Crippen LogP contribution in [0.5, 0.6) is 0 Å². The van der Waals surface area contributed by atoms with Gasteiger partial charge in [-0.05, 0) is 71.0 Å². The summed E-state index contributed by atoms with van der Waals surface area (Å²) >= 11 is 6.63. The van der Waals surface area contributed by atoms with E-state index in [0.717, 1.165) is 5.02 Å². The van der Waals surface area contributed by atoms with Crippen LogP contribution in [0.1, 0.15) is 42.4 Å². The van der Waals surface area contributed by atoms with Gasteiger partial charge in [0.05, 0.1) is 0 Å². The molecule has 0 radical (unpaired) electrons. The Morgan fingerprint density at radius 3 is 2.76 bits per heavy atom. The minimum absolute atomic E-state index is 0.635. The number of rotatable bonds is 0. The normalized spacial score (nSPS) is 18.1. The molecule has 1 atom stereocenters. The van der Waals surface area contributed by atoms with E-state index in [1.165, 1.54) is 57.5 Å². The second kappa shape index (κ2) is 4.74. The molecule has 21 heavy (non-hydrogen) atoms. The standard InChI is InChI=1S/C20H19Cl/c1-12-5-3-7-14-9-10-15-16-8-4-6-13(2)20(16)18(21)11-17(15)19(12)14/h4,6,8-12H,3,5,7H2,1-2H3. The lowest BCUT2D eigenvalue weighted by molar-refractivity contribution is 0.595. The highest BCUT2D eigenvalue weighted by molar-refractivity contribution is 6.38. The molecule has 0 bridgehead atoms. The van der Waals surface area contributed by atoms with Crippen LogP contribution >= 0.6 is 11.6 Å². The Kier molecular flexibility index (Phi) is 2.97. The van der Waals surface area contributed by atoms with Gasteiger partial charge >= 0.3 is 0 Å². The van der Waals surface area contributed by atoms with Crippen molar-refractivity contribution in [3.05, 3.63) is 58.1 Å². The smallest absolute Gasteiger partial charge is 0.0493 e. The summed E-state index contributed by atoms with van der Waals surface area (Å²) in [5.41, 5.74) is 4.30. The Morgan fingerprint density at radius 2 is 1.90 bits per heavy atom. The second-order valence-electron chi connectivity index (χ2n) is 6.38. The topological polar surface area (TPSA) is 0 Å². The maximum atomic E-state index is 6.63. The quantitative estimate of drug-likeness (QED) is 0.421. The maximum absolute atomic E-state index is 6.63. The number of halogens is 1. The zero-order valence-electron chi connectivity index (χ0n) is 12.5. The lowest BCUT2D eigenvalue weighted by atomic mass is 9.80. The first-order chi connectivity index (χ1) is 10.2. The summed E-state index contributed by atoms with van der Waals surface area (Å²) in [6, 6.07) is 13.3. The average molecular weight is 295 g/mol. The number of hydrogen-bond acceptors (Lipinski definition) is 0. The van der Waals surface area contributed by atoms with Crippen molar-refractivity contribution < 1.29 is 0 Å². The first-order valence-corrected chi connectivity index (χ1v) is 8.18. The van der Waals surface area contributed by atoms with E-state index in [0.29, 0.717) is 5.92 Å². The third-order valence-electron chi connectivity index (χ3n) is 5.03. The van der Waals surface area contributed by atoms with Gasteiger partial charge in [-0.15, -0.1) is 0 Å². The van der Waals surface area contributed by atoms with E-state index in [4.69, 9.17) is 11.6 Å². The van der Waals surface area contributed by atoms with Crippen molar-refractivity contribution in [1.82, 2.24) is 0 Å². The molecule has 3 aromatic rings. The monoisotopic (exact) mass is 294 g/mol. The van der Waals surface area contributed by atoms with Crippen molar-refractivity contribution in [2.45, 2.75) is 39.0 Å². The molecule has 106 valence electrons. The van der Waals surface area contributed by atoms with Crippen molar-refractivity contribution in [1.29, 1.82) is 0 Å². The lowest BCUT2D eigenvalue weighted by Gasteiger charge is -2.25. The molecule has 3 aromatic carbocycles. The van der Waals surface area contributed by atoms with Crippen LogP contribution in [0.4, 0.5) is 0 Å². The van der Waals surface area contributed by atoms with Crippen molar-refractivity contribution in [3.63, 3.8) is 0 Å². The van der Waals surface area contributed by atoms with E-state index in [-0.39, 0.29) is 0 Å². The molecule has 0 N–H and O–H groups in total. The van der Waals surface area contributed by atoms with Gasteiger partial charge in [0.1, 0.15) is 0 Å². The summed E-state index contributed by atoms with van der Waals surface area (Å²) in [7, 11) is 0. The van der Waals surface area contributed by atoms with Crippen LogP contribution in [-0.4, -0.2) is 0 Å². The zero-order valence-corrected chi connectivity index (χ0v) is 13.3. The van der Waals surface area contributed by atoms with E-state index in [1.807, 2.05) is 0 Å². The Balaban J connectivity index is 2.20. The largest absolute Gasteiger partial charge is 0.0836 e. The Labute approximate surface area is 130 Å². The first kappa shape index (κ1) is 13.2. The van der Waals surface area contributed by atoms with E-state index >= 15 is 0 Å². The third-order valence-corrected chi connectivity index (χ3v) is 5.32. The molecule has 0 nitrogen and oxygen atoms in total. The fourth-order valence-corrected chi connectivity index (χ4v) is 4.38. The predicted octanol–water partition coefficient (Wildman–Crippen LogP) is 6.39. The van der Waals surface area contributed by atoms with Gasteiger partial charge in [0.2, 0.25) is 0 Å².